The quantitative estimate of drug-likeness (QED) is 0.805. The summed E-state index contributed by atoms with van der Waals surface area (Å²) >= 11 is 0. The Kier molecular flexibility index (Phi) is 4.47. The van der Waals surface area contributed by atoms with Gasteiger partial charge in [0.2, 0.25) is 0 Å². The highest BCUT2D eigenvalue weighted by Gasteiger charge is 2.19. The van der Waals surface area contributed by atoms with Crippen molar-refractivity contribution in [3.63, 3.8) is 0 Å². The Hall–Kier alpha value is -2.01. The lowest BCUT2D eigenvalue weighted by Gasteiger charge is -2.19. The Bertz CT molecular complexity index is 741. The number of ether oxygens (including phenoxy) is 1. The van der Waals surface area contributed by atoms with Crippen LogP contribution in [0.5, 0.6) is 11.5 Å². The summed E-state index contributed by atoms with van der Waals surface area (Å²) in [6.45, 7) is 6.22. The van der Waals surface area contributed by atoms with Gasteiger partial charge in [-0.1, -0.05) is 39.0 Å². The van der Waals surface area contributed by atoms with E-state index >= 15 is 0 Å². The average molecular weight is 320 g/mol. The van der Waals surface area contributed by atoms with E-state index in [2.05, 4.69) is 20.8 Å². The molecule has 118 valence electrons. The molecule has 0 radical (unpaired) electrons. The fraction of sp³-hybridized carbons (Fsp3) is 0.294. The van der Waals surface area contributed by atoms with E-state index < -0.39 is 10.1 Å². The Balaban J connectivity index is 2.26. The fourth-order valence-corrected chi connectivity index (χ4v) is 2.87. The predicted molar refractivity (Wildman–Crippen MR) is 85.9 cm³/mol. The van der Waals surface area contributed by atoms with E-state index in [-0.39, 0.29) is 16.1 Å². The van der Waals surface area contributed by atoms with Crippen molar-refractivity contribution in [2.75, 3.05) is 7.11 Å². The van der Waals surface area contributed by atoms with Crippen molar-refractivity contribution in [3.05, 3.63) is 54.1 Å². The molecular formula is C17H20O4S. The molecule has 2 aromatic rings. The molecule has 0 atom stereocenters. The van der Waals surface area contributed by atoms with Crippen LogP contribution in [0.15, 0.2) is 53.4 Å². The zero-order chi connectivity index (χ0) is 16.4. The molecule has 5 heteroatoms. The maximum atomic E-state index is 12.3. The highest BCUT2D eigenvalue weighted by Crippen LogP contribution is 2.26. The first-order valence-corrected chi connectivity index (χ1v) is 8.32. The van der Waals surface area contributed by atoms with Gasteiger partial charge in [0.05, 0.1) is 7.11 Å². The van der Waals surface area contributed by atoms with Gasteiger partial charge in [-0.2, -0.15) is 8.42 Å². The molecular weight excluding hydrogens is 300 g/mol. The van der Waals surface area contributed by atoms with Gasteiger partial charge in [-0.15, -0.1) is 0 Å². The maximum Gasteiger partial charge on any atom is 0.339 e. The first-order chi connectivity index (χ1) is 10.2. The van der Waals surface area contributed by atoms with Crippen molar-refractivity contribution >= 4 is 10.1 Å². The molecule has 22 heavy (non-hydrogen) atoms. The van der Waals surface area contributed by atoms with E-state index in [0.29, 0.717) is 5.75 Å². The summed E-state index contributed by atoms with van der Waals surface area (Å²) in [5.74, 6) is 0.759. The van der Waals surface area contributed by atoms with Crippen molar-refractivity contribution in [1.29, 1.82) is 0 Å². The molecule has 0 aliphatic carbocycles. The van der Waals surface area contributed by atoms with Crippen LogP contribution in [0.2, 0.25) is 0 Å². The molecule has 2 aromatic carbocycles. The van der Waals surface area contributed by atoms with Crippen LogP contribution in [0.25, 0.3) is 0 Å². The molecule has 2 rings (SSSR count). The van der Waals surface area contributed by atoms with E-state index in [0.717, 1.165) is 5.56 Å². The van der Waals surface area contributed by atoms with Crippen molar-refractivity contribution in [2.45, 2.75) is 31.1 Å². The lowest BCUT2D eigenvalue weighted by atomic mass is 9.87. The van der Waals surface area contributed by atoms with Crippen LogP contribution >= 0.6 is 0 Å². The van der Waals surface area contributed by atoms with Crippen LogP contribution in [-0.2, 0) is 15.5 Å². The summed E-state index contributed by atoms with van der Waals surface area (Å²) < 4.78 is 34.8. The minimum Gasteiger partial charge on any atom is -0.497 e. The molecule has 0 unspecified atom stereocenters. The Morgan fingerprint density at radius 1 is 0.909 bits per heavy atom. The molecule has 0 aliphatic heterocycles. The van der Waals surface area contributed by atoms with Crippen molar-refractivity contribution in [2.24, 2.45) is 0 Å². The van der Waals surface area contributed by atoms with Crippen molar-refractivity contribution in [3.8, 4) is 11.5 Å². The molecule has 0 heterocycles. The predicted octanol–water partition coefficient (Wildman–Crippen LogP) is 3.76. The number of benzene rings is 2. The molecule has 0 amide bonds. The van der Waals surface area contributed by atoms with E-state index in [4.69, 9.17) is 8.92 Å². The van der Waals surface area contributed by atoms with Crippen LogP contribution < -0.4 is 8.92 Å². The second-order valence-electron chi connectivity index (χ2n) is 5.99. The van der Waals surface area contributed by atoms with Crippen molar-refractivity contribution < 1.29 is 17.3 Å². The topological polar surface area (TPSA) is 52.6 Å². The minimum atomic E-state index is -3.86. The summed E-state index contributed by atoms with van der Waals surface area (Å²) in [6, 6.07) is 13.2. The number of hydrogen-bond acceptors (Lipinski definition) is 4. The van der Waals surface area contributed by atoms with Gasteiger partial charge in [0.25, 0.3) is 0 Å². The molecule has 4 nitrogen and oxygen atoms in total. The summed E-state index contributed by atoms with van der Waals surface area (Å²) in [5.41, 5.74) is 1.03. The van der Waals surface area contributed by atoms with Gasteiger partial charge in [0.1, 0.15) is 16.4 Å². The monoisotopic (exact) mass is 320 g/mol. The Morgan fingerprint density at radius 2 is 1.50 bits per heavy atom. The Morgan fingerprint density at radius 3 is 2.05 bits per heavy atom. The first kappa shape index (κ1) is 16.4. The first-order valence-electron chi connectivity index (χ1n) is 6.91. The number of methoxy groups -OCH3 is 1. The maximum absolute atomic E-state index is 12.3. The van der Waals surface area contributed by atoms with Gasteiger partial charge in [0, 0.05) is 6.07 Å². The molecule has 0 N–H and O–H groups in total. The summed E-state index contributed by atoms with van der Waals surface area (Å²) in [6.07, 6.45) is 0. The van der Waals surface area contributed by atoms with E-state index in [9.17, 15) is 8.42 Å². The largest absolute Gasteiger partial charge is 0.497 e. The van der Waals surface area contributed by atoms with Crippen molar-refractivity contribution in [1.82, 2.24) is 0 Å². The summed E-state index contributed by atoms with van der Waals surface area (Å²) in [5, 5.41) is 0. The molecule has 0 fully saturated rings. The van der Waals surface area contributed by atoms with Crippen LogP contribution in [-0.4, -0.2) is 15.5 Å². The average Bonchev–Trinajstić information content (AvgIpc) is 2.46. The number of hydrogen-bond donors (Lipinski definition) is 0. The zero-order valence-corrected chi connectivity index (χ0v) is 14.0. The molecule has 0 saturated heterocycles. The Labute approximate surface area is 131 Å². The molecule has 0 bridgehead atoms. The SMILES string of the molecule is COc1cccc(OS(=O)(=O)c2ccc(C(C)(C)C)cc2)c1. The third-order valence-corrected chi connectivity index (χ3v) is 4.52. The standard InChI is InChI=1S/C17H20O4S/c1-17(2,3)13-8-10-16(11-9-13)22(18,19)21-15-7-5-6-14(12-15)20-4/h5-12H,1-4H3. The highest BCUT2D eigenvalue weighted by molar-refractivity contribution is 7.87. The smallest absolute Gasteiger partial charge is 0.339 e. The van der Waals surface area contributed by atoms with Gasteiger partial charge in [-0.25, -0.2) is 0 Å². The fourth-order valence-electron chi connectivity index (χ4n) is 1.95. The molecule has 0 aliphatic rings. The second kappa shape index (κ2) is 6.01. The lowest BCUT2D eigenvalue weighted by molar-refractivity contribution is 0.411. The normalized spacial score (nSPS) is 12.0. The van der Waals surface area contributed by atoms with Gasteiger partial charge in [-0.05, 0) is 35.2 Å². The van der Waals surface area contributed by atoms with Gasteiger partial charge in [-0.3, -0.25) is 0 Å². The van der Waals surface area contributed by atoms with Gasteiger partial charge < -0.3 is 8.92 Å². The van der Waals surface area contributed by atoms with E-state index in [1.807, 2.05) is 12.1 Å². The second-order valence-corrected chi connectivity index (χ2v) is 7.54. The molecule has 0 aromatic heterocycles. The summed E-state index contributed by atoms with van der Waals surface area (Å²) in [7, 11) is -2.34. The van der Waals surface area contributed by atoms with Crippen LogP contribution in [0.4, 0.5) is 0 Å². The van der Waals surface area contributed by atoms with E-state index in [1.54, 1.807) is 30.3 Å². The highest BCUT2D eigenvalue weighted by atomic mass is 32.2. The van der Waals surface area contributed by atoms with Crippen LogP contribution in [0.3, 0.4) is 0 Å². The third-order valence-electron chi connectivity index (χ3n) is 3.26. The molecule has 0 saturated carbocycles. The zero-order valence-electron chi connectivity index (χ0n) is 13.2. The van der Waals surface area contributed by atoms with Crippen LogP contribution in [0, 0.1) is 0 Å². The van der Waals surface area contributed by atoms with Gasteiger partial charge in [0.15, 0.2) is 0 Å². The number of rotatable bonds is 4. The third kappa shape index (κ3) is 3.80. The minimum absolute atomic E-state index is 0.0318. The summed E-state index contributed by atoms with van der Waals surface area (Å²) in [4.78, 5) is 0.128. The van der Waals surface area contributed by atoms with Crippen LogP contribution in [0.1, 0.15) is 26.3 Å². The molecule has 0 spiro atoms. The van der Waals surface area contributed by atoms with Gasteiger partial charge >= 0.3 is 10.1 Å². The van der Waals surface area contributed by atoms with E-state index in [1.165, 1.54) is 13.2 Å². The lowest BCUT2D eigenvalue weighted by Crippen LogP contribution is -2.13.